The molecule has 0 aliphatic rings. The molecule has 3 aromatic heterocycles. The number of fused-ring (bicyclic) bond motifs is 13. The Balaban J connectivity index is 0.985. The van der Waals surface area contributed by atoms with Crippen LogP contribution >= 0.6 is 22.7 Å². The van der Waals surface area contributed by atoms with Crippen LogP contribution in [0, 0.1) is 0 Å². The van der Waals surface area contributed by atoms with Crippen LogP contribution in [0.4, 0.5) is 0 Å². The third kappa shape index (κ3) is 4.56. The third-order valence-corrected chi connectivity index (χ3v) is 14.3. The van der Waals surface area contributed by atoms with Crippen LogP contribution in [0.1, 0.15) is 0 Å². The first-order chi connectivity index (χ1) is 28.2. The monoisotopic (exact) mass is 758 g/mol. The highest BCUT2D eigenvalue weighted by atomic mass is 32.1. The van der Waals surface area contributed by atoms with E-state index in [-0.39, 0.29) is 0 Å². The number of thiophene rings is 2. The van der Waals surface area contributed by atoms with Gasteiger partial charge in [-0.3, -0.25) is 0 Å². The Morgan fingerprint density at radius 1 is 0.281 bits per heavy atom. The van der Waals surface area contributed by atoms with E-state index in [2.05, 4.69) is 176 Å². The summed E-state index contributed by atoms with van der Waals surface area (Å²) >= 11 is 3.73. The van der Waals surface area contributed by atoms with Gasteiger partial charge in [-0.15, -0.1) is 22.7 Å². The van der Waals surface area contributed by atoms with Crippen molar-refractivity contribution in [2.24, 2.45) is 0 Å². The van der Waals surface area contributed by atoms with Crippen LogP contribution in [0.3, 0.4) is 0 Å². The van der Waals surface area contributed by atoms with Gasteiger partial charge < -0.3 is 4.42 Å². The van der Waals surface area contributed by atoms with Gasteiger partial charge in [-0.05, 0) is 108 Å². The average molecular weight is 759 g/mol. The van der Waals surface area contributed by atoms with Gasteiger partial charge in [0.2, 0.25) is 0 Å². The summed E-state index contributed by atoms with van der Waals surface area (Å²) in [4.78, 5) is 0. The van der Waals surface area contributed by atoms with Gasteiger partial charge in [-0.25, -0.2) is 0 Å². The number of benzene rings is 10. The van der Waals surface area contributed by atoms with E-state index in [0.29, 0.717) is 0 Å². The number of rotatable bonds is 3. The molecule has 0 N–H and O–H groups in total. The van der Waals surface area contributed by atoms with Crippen LogP contribution < -0.4 is 0 Å². The zero-order chi connectivity index (χ0) is 37.2. The topological polar surface area (TPSA) is 13.1 Å². The normalized spacial score (nSPS) is 12.2. The van der Waals surface area contributed by atoms with Crippen LogP contribution in [-0.2, 0) is 0 Å². The van der Waals surface area contributed by atoms with E-state index in [1.165, 1.54) is 117 Å². The van der Waals surface area contributed by atoms with Crippen molar-refractivity contribution < 1.29 is 4.42 Å². The smallest absolute Gasteiger partial charge is 0.136 e. The molecule has 1 nitrogen and oxygen atoms in total. The van der Waals surface area contributed by atoms with Crippen LogP contribution in [0.2, 0.25) is 0 Å². The van der Waals surface area contributed by atoms with Gasteiger partial charge in [0.15, 0.2) is 0 Å². The predicted molar refractivity (Wildman–Crippen MR) is 248 cm³/mol. The molecule has 0 bridgehead atoms. The van der Waals surface area contributed by atoms with Gasteiger partial charge in [-0.2, -0.15) is 0 Å². The molecule has 0 radical (unpaired) electrons. The number of para-hydroxylation sites is 1. The van der Waals surface area contributed by atoms with Crippen LogP contribution in [0.15, 0.2) is 186 Å². The SMILES string of the molecule is c1ccc2c(c1)oc1cc3sc4cc(-c5ccc(-c6c7ccccc7c(-c7ccc8sc9ccccc9c8c7)c7ccccc67)cc5)c5ccccc5c4c3cc12. The summed E-state index contributed by atoms with van der Waals surface area (Å²) < 4.78 is 11.5. The van der Waals surface area contributed by atoms with Crippen molar-refractivity contribution >= 4 is 117 Å². The Kier molecular flexibility index (Phi) is 6.54. The predicted octanol–water partition coefficient (Wildman–Crippen LogP) is 16.8. The minimum Gasteiger partial charge on any atom is -0.456 e. The molecular formula is C54H30OS2. The molecule has 57 heavy (non-hydrogen) atoms. The summed E-state index contributed by atoms with van der Waals surface area (Å²) in [6, 6.07) is 67.3. The van der Waals surface area contributed by atoms with Crippen LogP contribution in [0.5, 0.6) is 0 Å². The first kappa shape index (κ1) is 31.4. The molecule has 0 saturated heterocycles. The fraction of sp³-hybridized carbons (Fsp3) is 0. The fourth-order valence-corrected chi connectivity index (χ4v) is 11.8. The lowest BCUT2D eigenvalue weighted by molar-refractivity contribution is 0.669. The summed E-state index contributed by atoms with van der Waals surface area (Å²) in [6.07, 6.45) is 0. The summed E-state index contributed by atoms with van der Waals surface area (Å²) in [5, 5.41) is 15.2. The number of furan rings is 1. The van der Waals surface area contributed by atoms with Crippen LogP contribution in [-0.4, -0.2) is 0 Å². The second kappa shape index (κ2) is 11.9. The minimum atomic E-state index is 0.937. The molecule has 264 valence electrons. The maximum absolute atomic E-state index is 6.30. The summed E-state index contributed by atoms with van der Waals surface area (Å²) in [7, 11) is 0. The highest BCUT2D eigenvalue weighted by Crippen LogP contribution is 2.48. The zero-order valence-corrected chi connectivity index (χ0v) is 32.2. The molecule has 0 amide bonds. The Bertz CT molecular complexity index is 3750. The molecule has 13 rings (SSSR count). The molecule has 0 fully saturated rings. The Hall–Kier alpha value is -6.78. The van der Waals surface area contributed by atoms with Gasteiger partial charge in [0.1, 0.15) is 11.2 Å². The van der Waals surface area contributed by atoms with Crippen molar-refractivity contribution in [1.82, 2.24) is 0 Å². The average Bonchev–Trinajstić information content (AvgIpc) is 3.95. The van der Waals surface area contributed by atoms with E-state index in [9.17, 15) is 0 Å². The van der Waals surface area contributed by atoms with E-state index in [4.69, 9.17) is 4.42 Å². The highest BCUT2D eigenvalue weighted by Gasteiger charge is 2.19. The van der Waals surface area contributed by atoms with Gasteiger partial charge >= 0.3 is 0 Å². The van der Waals surface area contributed by atoms with E-state index >= 15 is 0 Å². The molecule has 0 unspecified atom stereocenters. The lowest BCUT2D eigenvalue weighted by Crippen LogP contribution is -1.91. The number of hydrogen-bond acceptors (Lipinski definition) is 3. The summed E-state index contributed by atoms with van der Waals surface area (Å²) in [6.45, 7) is 0. The van der Waals surface area contributed by atoms with Crippen molar-refractivity contribution in [3.63, 3.8) is 0 Å². The molecule has 0 aliphatic carbocycles. The van der Waals surface area contributed by atoms with Gasteiger partial charge in [0.25, 0.3) is 0 Å². The molecular weight excluding hydrogens is 729 g/mol. The molecule has 13 aromatic rings. The maximum Gasteiger partial charge on any atom is 0.136 e. The van der Waals surface area contributed by atoms with E-state index in [1.807, 2.05) is 28.7 Å². The molecule has 3 heteroatoms. The molecule has 0 saturated carbocycles. The first-order valence-electron chi connectivity index (χ1n) is 19.4. The molecule has 3 heterocycles. The largest absolute Gasteiger partial charge is 0.456 e. The van der Waals surface area contributed by atoms with Crippen molar-refractivity contribution in [3.8, 4) is 33.4 Å². The zero-order valence-electron chi connectivity index (χ0n) is 30.5. The highest BCUT2D eigenvalue weighted by molar-refractivity contribution is 7.26. The third-order valence-electron chi connectivity index (χ3n) is 12.1. The minimum absolute atomic E-state index is 0.937. The summed E-state index contributed by atoms with van der Waals surface area (Å²) in [5.74, 6) is 0. The molecule has 10 aromatic carbocycles. The second-order valence-electron chi connectivity index (χ2n) is 15.1. The Morgan fingerprint density at radius 3 is 1.56 bits per heavy atom. The van der Waals surface area contributed by atoms with Crippen molar-refractivity contribution in [2.75, 3.05) is 0 Å². The Labute approximate surface area is 335 Å². The number of hydrogen-bond donors (Lipinski definition) is 0. The molecule has 0 spiro atoms. The van der Waals surface area contributed by atoms with Gasteiger partial charge in [0.05, 0.1) is 0 Å². The van der Waals surface area contributed by atoms with E-state index < -0.39 is 0 Å². The van der Waals surface area contributed by atoms with E-state index in [0.717, 1.165) is 11.2 Å². The standard InChI is InChI=1S/C54H30OS2/c1-2-14-37-34(11-1)42(29-51-54(37)45-28-43-35-12-7-9-19-46(35)55-47(43)30-50(45)57-51)31-21-23-32(24-22-31)52-38-15-3-5-17-40(38)53(41-18-6-4-16-39(41)52)33-25-26-49-44(27-33)36-13-8-10-20-48(36)56-49/h1-30H. The van der Waals surface area contributed by atoms with E-state index in [1.54, 1.807) is 0 Å². The first-order valence-corrected chi connectivity index (χ1v) is 21.0. The lowest BCUT2D eigenvalue weighted by Gasteiger charge is -2.18. The molecule has 0 atom stereocenters. The molecule has 0 aliphatic heterocycles. The van der Waals surface area contributed by atoms with Crippen molar-refractivity contribution in [1.29, 1.82) is 0 Å². The quantitative estimate of drug-likeness (QED) is 0.164. The Morgan fingerprint density at radius 2 is 0.825 bits per heavy atom. The van der Waals surface area contributed by atoms with Crippen molar-refractivity contribution in [2.45, 2.75) is 0 Å². The van der Waals surface area contributed by atoms with Crippen molar-refractivity contribution in [3.05, 3.63) is 182 Å². The second-order valence-corrected chi connectivity index (χ2v) is 17.3. The van der Waals surface area contributed by atoms with Gasteiger partial charge in [-0.1, -0.05) is 140 Å². The van der Waals surface area contributed by atoms with Crippen LogP contribution in [0.25, 0.3) is 128 Å². The lowest BCUT2D eigenvalue weighted by atomic mass is 9.85. The maximum atomic E-state index is 6.30. The van der Waals surface area contributed by atoms with Gasteiger partial charge in [0, 0.05) is 51.1 Å². The fourth-order valence-electron chi connectivity index (χ4n) is 9.55. The summed E-state index contributed by atoms with van der Waals surface area (Å²) in [5.41, 5.74) is 9.41.